The predicted molar refractivity (Wildman–Crippen MR) is 171 cm³/mol. The second-order valence-electron chi connectivity index (χ2n) is 11.6. The molecular formula is C36H41NO5S. The molecule has 226 valence electrons. The first-order valence-electron chi connectivity index (χ1n) is 14.8. The van der Waals surface area contributed by atoms with E-state index >= 15 is 0 Å². The van der Waals surface area contributed by atoms with Crippen molar-refractivity contribution in [3.63, 3.8) is 0 Å². The fourth-order valence-corrected chi connectivity index (χ4v) is 5.92. The second-order valence-corrected chi connectivity index (χ2v) is 12.8. The van der Waals surface area contributed by atoms with Gasteiger partial charge < -0.3 is 14.9 Å². The number of aromatic carboxylic acids is 1. The van der Waals surface area contributed by atoms with Crippen LogP contribution >= 0.6 is 11.3 Å². The molecule has 7 heteroatoms. The summed E-state index contributed by atoms with van der Waals surface area (Å²) < 4.78 is 6.59. The van der Waals surface area contributed by atoms with Gasteiger partial charge in [-0.15, -0.1) is 11.3 Å². The molecule has 1 unspecified atom stereocenters. The molecule has 0 saturated heterocycles. The third-order valence-corrected chi connectivity index (χ3v) is 8.82. The van der Waals surface area contributed by atoms with E-state index in [1.807, 2.05) is 36.4 Å². The van der Waals surface area contributed by atoms with Crippen LogP contribution in [0.15, 0.2) is 97.1 Å². The molecule has 1 atom stereocenters. The van der Waals surface area contributed by atoms with Crippen LogP contribution in [0.3, 0.4) is 0 Å². The molecule has 1 aromatic heterocycles. The fourth-order valence-electron chi connectivity index (χ4n) is 4.98. The zero-order chi connectivity index (χ0) is 30.7. The Balaban J connectivity index is 1.45. The highest BCUT2D eigenvalue weighted by Gasteiger charge is 2.27. The van der Waals surface area contributed by atoms with Crippen LogP contribution in [0.1, 0.15) is 69.6 Å². The van der Waals surface area contributed by atoms with E-state index in [1.165, 1.54) is 15.3 Å². The minimum absolute atomic E-state index is 0.193. The van der Waals surface area contributed by atoms with Gasteiger partial charge >= 0.3 is 11.9 Å². The number of carboxylic acid groups (broad SMARTS) is 2. The number of carboxylic acids is 2. The molecular weight excluding hydrogens is 558 g/mol. The number of carbonyl (C=O) groups is 2. The largest absolute Gasteiger partial charge is 0.481 e. The van der Waals surface area contributed by atoms with Crippen molar-refractivity contribution in [1.29, 1.82) is 0 Å². The highest BCUT2D eigenvalue weighted by atomic mass is 32.1. The molecule has 0 aliphatic carbocycles. The predicted octanol–water partition coefficient (Wildman–Crippen LogP) is 7.88. The van der Waals surface area contributed by atoms with Gasteiger partial charge in [0.1, 0.15) is 0 Å². The van der Waals surface area contributed by atoms with E-state index in [1.54, 1.807) is 37.3 Å². The first kappa shape index (κ1) is 32.1. The molecule has 3 aromatic carbocycles. The molecule has 0 amide bonds. The number of benzene rings is 3. The quantitative estimate of drug-likeness (QED) is 0.128. The van der Waals surface area contributed by atoms with Crippen molar-refractivity contribution in [1.82, 2.24) is 4.90 Å². The number of ether oxygens (including phenoxy) is 1. The summed E-state index contributed by atoms with van der Waals surface area (Å²) in [4.78, 5) is 27.8. The van der Waals surface area contributed by atoms with Crippen LogP contribution in [0.2, 0.25) is 0 Å². The van der Waals surface area contributed by atoms with E-state index in [0.717, 1.165) is 24.0 Å². The molecule has 0 fully saturated rings. The first-order valence-corrected chi connectivity index (χ1v) is 15.6. The molecule has 0 aliphatic rings. The van der Waals surface area contributed by atoms with Crippen molar-refractivity contribution in [3.05, 3.63) is 129 Å². The molecule has 4 rings (SSSR count). The molecule has 0 spiro atoms. The number of hydrogen-bond donors (Lipinski definition) is 2. The number of rotatable bonds is 17. The number of nitrogens with zero attached hydrogens (tertiary/aromatic N) is 1. The smallest absolute Gasteiger partial charge is 0.335 e. The average Bonchev–Trinajstić information content (AvgIpc) is 3.47. The summed E-state index contributed by atoms with van der Waals surface area (Å²) >= 11 is 1.79. The summed E-state index contributed by atoms with van der Waals surface area (Å²) in [5.41, 5.74) is 2.86. The Kier molecular flexibility index (Phi) is 11.7. The summed E-state index contributed by atoms with van der Waals surface area (Å²) in [5, 5.41) is 18.9. The Morgan fingerprint density at radius 2 is 1.47 bits per heavy atom. The number of hydrogen-bond acceptors (Lipinski definition) is 5. The molecule has 0 radical (unpaired) electrons. The molecule has 6 nitrogen and oxygen atoms in total. The highest BCUT2D eigenvalue weighted by Crippen LogP contribution is 2.27. The van der Waals surface area contributed by atoms with E-state index in [9.17, 15) is 19.8 Å². The van der Waals surface area contributed by atoms with Crippen molar-refractivity contribution in [2.75, 3.05) is 13.1 Å². The number of thiophene rings is 1. The van der Waals surface area contributed by atoms with Crippen molar-refractivity contribution in [2.45, 2.75) is 58.8 Å². The van der Waals surface area contributed by atoms with E-state index in [2.05, 4.69) is 53.4 Å². The van der Waals surface area contributed by atoms with Gasteiger partial charge in [0, 0.05) is 22.8 Å². The Morgan fingerprint density at radius 3 is 2.12 bits per heavy atom. The minimum atomic E-state index is -0.950. The average molecular weight is 600 g/mol. The van der Waals surface area contributed by atoms with Gasteiger partial charge in [-0.3, -0.25) is 9.69 Å². The molecule has 43 heavy (non-hydrogen) atoms. The maximum atomic E-state index is 11.7. The first-order chi connectivity index (χ1) is 20.7. The summed E-state index contributed by atoms with van der Waals surface area (Å²) in [6.07, 6.45) is 3.08. The zero-order valence-electron chi connectivity index (χ0n) is 24.9. The maximum Gasteiger partial charge on any atom is 0.335 e. The molecule has 4 aromatic rings. The highest BCUT2D eigenvalue weighted by molar-refractivity contribution is 7.11. The summed E-state index contributed by atoms with van der Waals surface area (Å²) in [5.74, 6) is -1.75. The lowest BCUT2D eigenvalue weighted by atomic mass is 9.88. The summed E-state index contributed by atoms with van der Waals surface area (Å²) in [7, 11) is 0. The van der Waals surface area contributed by atoms with Crippen LogP contribution < -0.4 is 0 Å². The van der Waals surface area contributed by atoms with Gasteiger partial charge in [-0.2, -0.15) is 0 Å². The Bertz CT molecular complexity index is 1430. The normalized spacial score (nSPS) is 12.3. The number of aryl methyl sites for hydroxylation is 2. The van der Waals surface area contributed by atoms with Crippen LogP contribution in [-0.4, -0.2) is 40.1 Å². The maximum absolute atomic E-state index is 11.7. The second kappa shape index (κ2) is 15.6. The van der Waals surface area contributed by atoms with Crippen molar-refractivity contribution in [2.24, 2.45) is 5.41 Å². The lowest BCUT2D eigenvalue weighted by molar-refractivity contribution is -0.147. The molecule has 1 heterocycles. The Labute approximate surface area is 258 Å². The Morgan fingerprint density at radius 1 is 0.814 bits per heavy atom. The van der Waals surface area contributed by atoms with Crippen molar-refractivity contribution < 1.29 is 24.5 Å². The number of aliphatic carboxylic acids is 1. The van der Waals surface area contributed by atoms with Gasteiger partial charge in [0.25, 0.3) is 0 Å². The minimum Gasteiger partial charge on any atom is -0.481 e. The van der Waals surface area contributed by atoms with Gasteiger partial charge in [-0.25, -0.2) is 4.79 Å². The van der Waals surface area contributed by atoms with Gasteiger partial charge in [-0.05, 0) is 87.0 Å². The standard InChI is InChI=1S/C36H41NO5S/c1-36(2,35(40)41)22-9-23-37(24-28-14-17-30(18-15-28)34(38)39)25-33(29-12-7-4-8-13-29)42-26-32-21-20-31(43-32)19-16-27-10-5-3-6-11-27/h3-8,10-15,17-18,20-21,33H,9,16,19,22-26H2,1-2H3,(H,38,39)(H,40,41). The molecule has 0 saturated carbocycles. The van der Waals surface area contributed by atoms with Gasteiger partial charge in [-0.1, -0.05) is 72.8 Å². The van der Waals surface area contributed by atoms with E-state index < -0.39 is 17.4 Å². The monoisotopic (exact) mass is 599 g/mol. The molecule has 2 N–H and O–H groups in total. The molecule has 0 bridgehead atoms. The van der Waals surface area contributed by atoms with E-state index in [-0.39, 0.29) is 11.7 Å². The van der Waals surface area contributed by atoms with E-state index in [0.29, 0.717) is 39.1 Å². The topological polar surface area (TPSA) is 87.1 Å². The van der Waals surface area contributed by atoms with E-state index in [4.69, 9.17) is 4.74 Å². The lowest BCUT2D eigenvalue weighted by Crippen LogP contribution is -2.32. The summed E-state index contributed by atoms with van der Waals surface area (Å²) in [6.45, 7) is 5.92. The Hall–Kier alpha value is -3.78. The van der Waals surface area contributed by atoms with Gasteiger partial charge in [0.15, 0.2) is 0 Å². The van der Waals surface area contributed by atoms with Crippen LogP contribution in [0.25, 0.3) is 0 Å². The lowest BCUT2D eigenvalue weighted by Gasteiger charge is -2.29. The van der Waals surface area contributed by atoms with Crippen LogP contribution in [0.5, 0.6) is 0 Å². The van der Waals surface area contributed by atoms with Crippen molar-refractivity contribution >= 4 is 23.3 Å². The van der Waals surface area contributed by atoms with Crippen LogP contribution in [-0.2, 0) is 35.5 Å². The van der Waals surface area contributed by atoms with Crippen LogP contribution in [0, 0.1) is 5.41 Å². The molecule has 0 aliphatic heterocycles. The SMILES string of the molecule is CC(C)(CCCN(Cc1ccc(C(=O)O)cc1)CC(OCc1ccc(CCc2ccccc2)s1)c1ccccc1)C(=O)O. The fraction of sp³-hybridized carbons (Fsp3) is 0.333. The third kappa shape index (κ3) is 10.2. The van der Waals surface area contributed by atoms with Gasteiger partial charge in [0.05, 0.1) is 23.7 Å². The third-order valence-electron chi connectivity index (χ3n) is 7.70. The van der Waals surface area contributed by atoms with Crippen molar-refractivity contribution in [3.8, 4) is 0 Å². The van der Waals surface area contributed by atoms with Gasteiger partial charge in [0.2, 0.25) is 0 Å². The zero-order valence-corrected chi connectivity index (χ0v) is 25.8. The summed E-state index contributed by atoms with van der Waals surface area (Å²) in [6, 6.07) is 32.0. The van der Waals surface area contributed by atoms with Crippen LogP contribution in [0.4, 0.5) is 0 Å².